The summed E-state index contributed by atoms with van der Waals surface area (Å²) in [4.78, 5) is 4.65. The van der Waals surface area contributed by atoms with Gasteiger partial charge in [0.25, 0.3) is 0 Å². The predicted molar refractivity (Wildman–Crippen MR) is 113 cm³/mol. The second-order valence-electron chi connectivity index (χ2n) is 6.41. The van der Waals surface area contributed by atoms with Gasteiger partial charge < -0.3 is 15.5 Å². The average molecular weight is 378 g/mol. The Morgan fingerprint density at radius 1 is 1.00 bits per heavy atom. The number of fused-ring (bicyclic) bond motifs is 1. The minimum absolute atomic E-state index is 0.539. The Labute approximate surface area is 163 Å². The van der Waals surface area contributed by atoms with Crippen LogP contribution in [0.15, 0.2) is 65.1 Å². The second kappa shape index (κ2) is 7.33. The van der Waals surface area contributed by atoms with Crippen LogP contribution in [0.25, 0.3) is 33.7 Å². The smallest absolute Gasteiger partial charge is 0.227 e. The number of benzene rings is 3. The standard InChI is InChI=1S/C22H20ClN3O/c1-2-11-25-19-10-8-15(24)13-17(19)16-9-7-14(23)12-18(16)22-26-20-5-3-4-6-21(20)27-22/h3-10,12-13,25H,2,11,24H2,1H3. The van der Waals surface area contributed by atoms with E-state index < -0.39 is 0 Å². The molecule has 0 aliphatic carbocycles. The summed E-state index contributed by atoms with van der Waals surface area (Å²) in [5.74, 6) is 0.539. The van der Waals surface area contributed by atoms with Crippen LogP contribution in [0, 0.1) is 0 Å². The van der Waals surface area contributed by atoms with Crippen molar-refractivity contribution in [2.45, 2.75) is 13.3 Å². The third kappa shape index (κ3) is 3.49. The lowest BCUT2D eigenvalue weighted by Gasteiger charge is -2.15. The van der Waals surface area contributed by atoms with Gasteiger partial charge in [0.15, 0.2) is 5.58 Å². The molecule has 4 aromatic rings. The summed E-state index contributed by atoms with van der Waals surface area (Å²) in [5, 5.41) is 4.10. The lowest BCUT2D eigenvalue weighted by molar-refractivity contribution is 0.620. The fourth-order valence-corrected chi connectivity index (χ4v) is 3.29. The number of nitrogen functional groups attached to an aromatic ring is 1. The van der Waals surface area contributed by atoms with Crippen LogP contribution >= 0.6 is 11.6 Å². The number of aromatic nitrogens is 1. The van der Waals surface area contributed by atoms with E-state index in [-0.39, 0.29) is 0 Å². The first-order valence-electron chi connectivity index (χ1n) is 8.95. The number of para-hydroxylation sites is 2. The van der Waals surface area contributed by atoms with Gasteiger partial charge in [-0.25, -0.2) is 4.98 Å². The molecule has 0 radical (unpaired) electrons. The molecule has 0 amide bonds. The Kier molecular flexibility index (Phi) is 4.73. The van der Waals surface area contributed by atoms with Gasteiger partial charge in [-0.1, -0.05) is 36.7 Å². The van der Waals surface area contributed by atoms with Crippen molar-refractivity contribution in [3.05, 3.63) is 65.7 Å². The number of nitrogens with zero attached hydrogens (tertiary/aromatic N) is 1. The third-order valence-electron chi connectivity index (χ3n) is 4.41. The molecule has 0 saturated heterocycles. The van der Waals surface area contributed by atoms with Gasteiger partial charge in [-0.15, -0.1) is 0 Å². The fraction of sp³-hybridized carbons (Fsp3) is 0.136. The quantitative estimate of drug-likeness (QED) is 0.405. The van der Waals surface area contributed by atoms with Crippen LogP contribution in [0.2, 0.25) is 5.02 Å². The van der Waals surface area contributed by atoms with E-state index in [0.717, 1.165) is 46.4 Å². The Balaban J connectivity index is 1.91. The lowest BCUT2D eigenvalue weighted by atomic mass is 9.97. The highest BCUT2D eigenvalue weighted by molar-refractivity contribution is 6.31. The van der Waals surface area contributed by atoms with Gasteiger partial charge in [0, 0.05) is 34.1 Å². The van der Waals surface area contributed by atoms with E-state index in [0.29, 0.717) is 16.6 Å². The highest BCUT2D eigenvalue weighted by Gasteiger charge is 2.17. The van der Waals surface area contributed by atoms with Gasteiger partial charge in [-0.05, 0) is 54.4 Å². The van der Waals surface area contributed by atoms with Gasteiger partial charge in [0.2, 0.25) is 5.89 Å². The Morgan fingerprint density at radius 2 is 1.85 bits per heavy atom. The Morgan fingerprint density at radius 3 is 2.67 bits per heavy atom. The zero-order valence-corrected chi connectivity index (χ0v) is 15.8. The van der Waals surface area contributed by atoms with Crippen molar-refractivity contribution in [3.63, 3.8) is 0 Å². The van der Waals surface area contributed by atoms with Gasteiger partial charge in [-0.2, -0.15) is 0 Å². The molecule has 1 aromatic heterocycles. The number of oxazole rings is 1. The lowest BCUT2D eigenvalue weighted by Crippen LogP contribution is -2.02. The minimum Gasteiger partial charge on any atom is -0.436 e. The molecule has 0 bridgehead atoms. The summed E-state index contributed by atoms with van der Waals surface area (Å²) in [6.07, 6.45) is 1.03. The molecule has 1 heterocycles. The van der Waals surface area contributed by atoms with Gasteiger partial charge in [0.05, 0.1) is 0 Å². The second-order valence-corrected chi connectivity index (χ2v) is 6.84. The monoisotopic (exact) mass is 377 g/mol. The zero-order valence-electron chi connectivity index (χ0n) is 15.0. The van der Waals surface area contributed by atoms with Crippen molar-refractivity contribution in [2.75, 3.05) is 17.6 Å². The molecule has 0 aliphatic rings. The number of anilines is 2. The molecular formula is C22H20ClN3O. The van der Waals surface area contributed by atoms with Crippen LogP contribution < -0.4 is 11.1 Å². The van der Waals surface area contributed by atoms with Crippen LogP contribution in [-0.2, 0) is 0 Å². The average Bonchev–Trinajstić information content (AvgIpc) is 3.11. The number of hydrogen-bond acceptors (Lipinski definition) is 4. The van der Waals surface area contributed by atoms with E-state index in [1.807, 2.05) is 60.7 Å². The molecular weight excluding hydrogens is 358 g/mol. The van der Waals surface area contributed by atoms with Crippen molar-refractivity contribution in [1.82, 2.24) is 4.98 Å². The first kappa shape index (κ1) is 17.4. The first-order valence-corrected chi connectivity index (χ1v) is 9.33. The van der Waals surface area contributed by atoms with Crippen molar-refractivity contribution in [2.24, 2.45) is 0 Å². The number of halogens is 1. The molecule has 3 aromatic carbocycles. The maximum absolute atomic E-state index is 6.30. The molecule has 0 fully saturated rings. The SMILES string of the molecule is CCCNc1ccc(N)cc1-c1ccc(Cl)cc1-c1nc2ccccc2o1. The van der Waals surface area contributed by atoms with Crippen LogP contribution in [-0.4, -0.2) is 11.5 Å². The zero-order chi connectivity index (χ0) is 18.8. The Bertz CT molecular complexity index is 1070. The van der Waals surface area contributed by atoms with E-state index in [9.17, 15) is 0 Å². The number of rotatable bonds is 5. The van der Waals surface area contributed by atoms with Crippen LogP contribution in [0.3, 0.4) is 0 Å². The molecule has 136 valence electrons. The van der Waals surface area contributed by atoms with E-state index in [4.69, 9.17) is 21.8 Å². The predicted octanol–water partition coefficient (Wildman–Crippen LogP) is 6.22. The number of nitrogens with two attached hydrogens (primary N) is 1. The maximum Gasteiger partial charge on any atom is 0.227 e. The molecule has 0 spiro atoms. The molecule has 4 nitrogen and oxygen atoms in total. The number of hydrogen-bond donors (Lipinski definition) is 2. The number of nitrogens with one attached hydrogen (secondary N) is 1. The first-order chi connectivity index (χ1) is 13.2. The van der Waals surface area contributed by atoms with E-state index in [1.165, 1.54) is 0 Å². The summed E-state index contributed by atoms with van der Waals surface area (Å²) in [6, 6.07) is 19.3. The molecule has 0 atom stereocenters. The topological polar surface area (TPSA) is 64.1 Å². The van der Waals surface area contributed by atoms with Crippen LogP contribution in [0.1, 0.15) is 13.3 Å². The molecule has 5 heteroatoms. The van der Waals surface area contributed by atoms with Crippen LogP contribution in [0.4, 0.5) is 11.4 Å². The van der Waals surface area contributed by atoms with Gasteiger partial charge in [-0.3, -0.25) is 0 Å². The van der Waals surface area contributed by atoms with E-state index in [2.05, 4.69) is 17.2 Å². The minimum atomic E-state index is 0.539. The van der Waals surface area contributed by atoms with Crippen molar-refractivity contribution >= 4 is 34.1 Å². The van der Waals surface area contributed by atoms with E-state index in [1.54, 1.807) is 0 Å². The highest BCUT2D eigenvalue weighted by Crippen LogP contribution is 2.39. The molecule has 0 aliphatic heterocycles. The Hall–Kier alpha value is -2.98. The van der Waals surface area contributed by atoms with E-state index >= 15 is 0 Å². The summed E-state index contributed by atoms with van der Waals surface area (Å²) in [5.41, 5.74) is 12.2. The molecule has 0 unspecified atom stereocenters. The fourth-order valence-electron chi connectivity index (χ4n) is 3.11. The summed E-state index contributed by atoms with van der Waals surface area (Å²) in [7, 11) is 0. The summed E-state index contributed by atoms with van der Waals surface area (Å²) < 4.78 is 6.00. The maximum atomic E-state index is 6.30. The third-order valence-corrected chi connectivity index (χ3v) is 4.64. The van der Waals surface area contributed by atoms with Gasteiger partial charge >= 0.3 is 0 Å². The summed E-state index contributed by atoms with van der Waals surface area (Å²) >= 11 is 6.30. The van der Waals surface area contributed by atoms with Crippen molar-refractivity contribution in [1.29, 1.82) is 0 Å². The molecule has 4 rings (SSSR count). The summed E-state index contributed by atoms with van der Waals surface area (Å²) in [6.45, 7) is 3.01. The largest absolute Gasteiger partial charge is 0.436 e. The van der Waals surface area contributed by atoms with Crippen molar-refractivity contribution in [3.8, 4) is 22.6 Å². The molecule has 27 heavy (non-hydrogen) atoms. The highest BCUT2D eigenvalue weighted by atomic mass is 35.5. The molecule has 3 N–H and O–H groups in total. The van der Waals surface area contributed by atoms with Gasteiger partial charge in [0.1, 0.15) is 5.52 Å². The van der Waals surface area contributed by atoms with Crippen molar-refractivity contribution < 1.29 is 4.42 Å². The normalized spacial score (nSPS) is 11.0. The molecule has 0 saturated carbocycles. The van der Waals surface area contributed by atoms with Crippen LogP contribution in [0.5, 0.6) is 0 Å².